The maximum absolute atomic E-state index is 12.0. The van der Waals surface area contributed by atoms with Gasteiger partial charge in [-0.05, 0) is 23.5 Å². The maximum atomic E-state index is 12.0. The summed E-state index contributed by atoms with van der Waals surface area (Å²) in [4.78, 5) is 13.2. The van der Waals surface area contributed by atoms with Crippen LogP contribution < -0.4 is 10.2 Å². The van der Waals surface area contributed by atoms with Crippen LogP contribution in [0, 0.1) is 0 Å². The molecule has 1 amide bonds. The fourth-order valence-electron chi connectivity index (χ4n) is 2.76. The zero-order chi connectivity index (χ0) is 17.4. The average molecular weight is 325 g/mol. The molecule has 0 fully saturated rings. The van der Waals surface area contributed by atoms with Crippen molar-refractivity contribution < 1.29 is 9.69 Å². The number of quaternary nitrogens is 1. The molecule has 0 aromatic heterocycles. The van der Waals surface area contributed by atoms with E-state index in [9.17, 15) is 4.79 Å². The number of hydrogen-bond donors (Lipinski definition) is 2. The van der Waals surface area contributed by atoms with E-state index in [2.05, 4.69) is 62.6 Å². The Morgan fingerprint density at radius 1 is 1.00 bits per heavy atom. The Morgan fingerprint density at radius 3 is 2.29 bits per heavy atom. The Balaban J connectivity index is 1.69. The summed E-state index contributed by atoms with van der Waals surface area (Å²) in [5.41, 5.74) is 3.88. The molecule has 3 heteroatoms. The molecule has 0 aliphatic carbocycles. The maximum Gasteiger partial charge on any atom is 0.275 e. The molecule has 1 unspecified atom stereocenters. The summed E-state index contributed by atoms with van der Waals surface area (Å²) in [5.74, 6) is 0.670. The van der Waals surface area contributed by atoms with Gasteiger partial charge in [0.15, 0.2) is 6.54 Å². The molecule has 0 saturated heterocycles. The van der Waals surface area contributed by atoms with Gasteiger partial charge in [-0.15, -0.1) is 0 Å². The highest BCUT2D eigenvalue weighted by atomic mass is 16.2. The summed E-state index contributed by atoms with van der Waals surface area (Å²) in [7, 11) is 2.05. The first-order valence-electron chi connectivity index (χ1n) is 8.75. The molecule has 2 rings (SSSR count). The van der Waals surface area contributed by atoms with Crippen molar-refractivity contribution in [2.75, 3.05) is 20.1 Å². The van der Waals surface area contributed by atoms with Crippen molar-refractivity contribution in [2.45, 2.75) is 32.7 Å². The van der Waals surface area contributed by atoms with E-state index in [4.69, 9.17) is 0 Å². The van der Waals surface area contributed by atoms with Crippen LogP contribution in [0.3, 0.4) is 0 Å². The minimum absolute atomic E-state index is 0.113. The van der Waals surface area contributed by atoms with Crippen molar-refractivity contribution in [3.63, 3.8) is 0 Å². The number of carbonyl (C=O) groups is 1. The zero-order valence-corrected chi connectivity index (χ0v) is 15.0. The number of amides is 1. The van der Waals surface area contributed by atoms with Gasteiger partial charge in [-0.25, -0.2) is 0 Å². The molecule has 0 saturated carbocycles. The van der Waals surface area contributed by atoms with Crippen LogP contribution in [0.4, 0.5) is 0 Å². The van der Waals surface area contributed by atoms with Gasteiger partial charge in [0, 0.05) is 12.1 Å². The highest BCUT2D eigenvalue weighted by molar-refractivity contribution is 5.76. The Labute approximate surface area is 145 Å². The second-order valence-corrected chi connectivity index (χ2v) is 6.79. The van der Waals surface area contributed by atoms with E-state index in [1.54, 1.807) is 0 Å². The summed E-state index contributed by atoms with van der Waals surface area (Å²) in [5, 5.41) is 3.03. The van der Waals surface area contributed by atoms with Gasteiger partial charge < -0.3 is 10.2 Å². The smallest absolute Gasteiger partial charge is 0.275 e. The summed E-state index contributed by atoms with van der Waals surface area (Å²) >= 11 is 0. The Hall–Kier alpha value is -2.13. The largest absolute Gasteiger partial charge is 0.351 e. The highest BCUT2D eigenvalue weighted by Gasteiger charge is 2.10. The first-order valence-corrected chi connectivity index (χ1v) is 8.75. The van der Waals surface area contributed by atoms with Crippen molar-refractivity contribution in [1.29, 1.82) is 0 Å². The fraction of sp³-hybridized carbons (Fsp3) is 0.381. The van der Waals surface area contributed by atoms with Gasteiger partial charge >= 0.3 is 0 Å². The molecule has 0 spiro atoms. The van der Waals surface area contributed by atoms with Gasteiger partial charge in [0.2, 0.25) is 0 Å². The van der Waals surface area contributed by atoms with Crippen LogP contribution in [-0.2, 0) is 17.8 Å². The minimum Gasteiger partial charge on any atom is -0.351 e. The van der Waals surface area contributed by atoms with Crippen LogP contribution in [0.1, 0.15) is 36.5 Å². The van der Waals surface area contributed by atoms with Gasteiger partial charge in [0.1, 0.15) is 6.54 Å². The van der Waals surface area contributed by atoms with E-state index in [0.29, 0.717) is 19.0 Å². The lowest BCUT2D eigenvalue weighted by Gasteiger charge is -2.14. The van der Waals surface area contributed by atoms with E-state index in [-0.39, 0.29) is 5.91 Å². The molecule has 2 aromatic rings. The van der Waals surface area contributed by atoms with Gasteiger partial charge in [-0.2, -0.15) is 0 Å². The van der Waals surface area contributed by atoms with Crippen LogP contribution in [0.5, 0.6) is 0 Å². The molecular weight excluding hydrogens is 296 g/mol. The number of carbonyl (C=O) groups excluding carboxylic acids is 1. The molecular formula is C21H29N2O+. The van der Waals surface area contributed by atoms with Crippen molar-refractivity contribution >= 4 is 5.91 Å². The number of hydrogen-bond acceptors (Lipinski definition) is 1. The topological polar surface area (TPSA) is 33.5 Å². The van der Waals surface area contributed by atoms with E-state index in [1.807, 2.05) is 18.2 Å². The van der Waals surface area contributed by atoms with Crippen molar-refractivity contribution in [1.82, 2.24) is 5.32 Å². The van der Waals surface area contributed by atoms with Crippen LogP contribution in [0.2, 0.25) is 0 Å². The Kier molecular flexibility index (Phi) is 7.01. The molecule has 3 nitrogen and oxygen atoms in total. The third-order valence-corrected chi connectivity index (χ3v) is 4.19. The summed E-state index contributed by atoms with van der Waals surface area (Å²) in [6, 6.07) is 19.0. The number of benzene rings is 2. The predicted molar refractivity (Wildman–Crippen MR) is 99.1 cm³/mol. The molecule has 0 aliphatic rings. The van der Waals surface area contributed by atoms with Gasteiger partial charge in [0.25, 0.3) is 5.91 Å². The monoisotopic (exact) mass is 325 g/mol. The molecule has 1 atom stereocenters. The highest BCUT2D eigenvalue weighted by Crippen LogP contribution is 2.14. The van der Waals surface area contributed by atoms with E-state index in [1.165, 1.54) is 21.6 Å². The summed E-state index contributed by atoms with van der Waals surface area (Å²) in [6.07, 6.45) is 0.877. The van der Waals surface area contributed by atoms with Crippen molar-refractivity contribution in [3.05, 3.63) is 71.3 Å². The first-order chi connectivity index (χ1) is 11.5. The predicted octanol–water partition coefficient (Wildman–Crippen LogP) is 2.18. The first kappa shape index (κ1) is 18.2. The number of nitrogens with one attached hydrogen (secondary N) is 2. The average Bonchev–Trinajstić information content (AvgIpc) is 2.56. The quantitative estimate of drug-likeness (QED) is 0.766. The van der Waals surface area contributed by atoms with E-state index < -0.39 is 0 Å². The molecule has 0 heterocycles. The number of likely N-dealkylation sites (N-methyl/N-ethyl adjacent to an activating group) is 1. The lowest BCUT2D eigenvalue weighted by Crippen LogP contribution is -3.08. The number of rotatable bonds is 8. The third-order valence-electron chi connectivity index (χ3n) is 4.19. The zero-order valence-electron chi connectivity index (χ0n) is 15.0. The van der Waals surface area contributed by atoms with Gasteiger partial charge in [-0.1, -0.05) is 68.4 Å². The van der Waals surface area contributed by atoms with Crippen LogP contribution in [0.25, 0.3) is 0 Å². The van der Waals surface area contributed by atoms with Gasteiger partial charge in [0.05, 0.1) is 7.05 Å². The lowest BCUT2D eigenvalue weighted by atomic mass is 10.0. The molecule has 0 radical (unpaired) electrons. The molecule has 128 valence electrons. The normalized spacial score (nSPS) is 12.2. The van der Waals surface area contributed by atoms with Crippen LogP contribution in [-0.4, -0.2) is 26.0 Å². The van der Waals surface area contributed by atoms with Crippen molar-refractivity contribution in [2.24, 2.45) is 0 Å². The van der Waals surface area contributed by atoms with E-state index in [0.717, 1.165) is 13.0 Å². The summed E-state index contributed by atoms with van der Waals surface area (Å²) in [6.45, 7) is 6.46. The van der Waals surface area contributed by atoms with E-state index >= 15 is 0 Å². The summed E-state index contributed by atoms with van der Waals surface area (Å²) < 4.78 is 0. The van der Waals surface area contributed by atoms with Gasteiger partial charge in [-0.3, -0.25) is 4.79 Å². The molecule has 2 aromatic carbocycles. The second-order valence-electron chi connectivity index (χ2n) is 6.79. The molecule has 2 N–H and O–H groups in total. The molecule has 0 bridgehead atoms. The molecule has 24 heavy (non-hydrogen) atoms. The lowest BCUT2D eigenvalue weighted by molar-refractivity contribution is -0.885. The Morgan fingerprint density at radius 2 is 1.67 bits per heavy atom. The fourth-order valence-corrected chi connectivity index (χ4v) is 2.76. The SMILES string of the molecule is CC(C)c1ccc(CCNC(=O)C[NH+](C)Cc2ccccc2)cc1. The third kappa shape index (κ3) is 6.17. The van der Waals surface area contributed by atoms with Crippen molar-refractivity contribution in [3.8, 4) is 0 Å². The Bertz CT molecular complexity index is 620. The van der Waals surface area contributed by atoms with Crippen LogP contribution in [0.15, 0.2) is 54.6 Å². The molecule has 0 aliphatic heterocycles. The minimum atomic E-state index is 0.113. The van der Waals surface area contributed by atoms with Crippen LogP contribution >= 0.6 is 0 Å². The second kappa shape index (κ2) is 9.24. The standard InChI is InChI=1S/C21H28N2O/c1-17(2)20-11-9-18(10-12-20)13-14-22-21(24)16-23(3)15-19-7-5-4-6-8-19/h4-12,17H,13-16H2,1-3H3,(H,22,24)/p+1.